The molecule has 1 aromatic heterocycles. The van der Waals surface area contributed by atoms with Gasteiger partial charge in [0, 0.05) is 20.7 Å². The summed E-state index contributed by atoms with van der Waals surface area (Å²) in [5, 5.41) is 2.72. The van der Waals surface area contributed by atoms with Crippen LogP contribution in [0.5, 0.6) is 0 Å². The van der Waals surface area contributed by atoms with Gasteiger partial charge in [-0.1, -0.05) is 29.8 Å². The predicted octanol–water partition coefficient (Wildman–Crippen LogP) is 4.36. The fraction of sp³-hybridized carbons (Fsp3) is 0. The quantitative estimate of drug-likeness (QED) is 0.687. The van der Waals surface area contributed by atoms with Crippen molar-refractivity contribution in [3.05, 3.63) is 40.7 Å². The summed E-state index contributed by atoms with van der Waals surface area (Å²) < 4.78 is 0. The minimum atomic E-state index is 0.789. The highest BCUT2D eigenvalue weighted by Gasteiger charge is 2.03. The van der Waals surface area contributed by atoms with Crippen LogP contribution in [-0.4, -0.2) is 0 Å². The zero-order valence-corrected chi connectivity index (χ0v) is 9.16. The molecule has 0 spiro atoms. The molecule has 1 heterocycles. The molecule has 0 atom stereocenters. The molecular formula is C10H7ClS2. The lowest BCUT2D eigenvalue weighted by Gasteiger charge is -1.99. The van der Waals surface area contributed by atoms with E-state index in [0.717, 1.165) is 20.4 Å². The number of thiol groups is 1. The molecule has 0 bridgehead atoms. The molecule has 0 aliphatic carbocycles. The molecule has 13 heavy (non-hydrogen) atoms. The largest absolute Gasteiger partial charge is 0.143 e. The average molecular weight is 227 g/mol. The molecule has 2 aromatic rings. The summed E-state index contributed by atoms with van der Waals surface area (Å²) >= 11 is 11.9. The van der Waals surface area contributed by atoms with Gasteiger partial charge in [-0.3, -0.25) is 0 Å². The van der Waals surface area contributed by atoms with Gasteiger partial charge in [-0.2, -0.15) is 0 Å². The molecule has 0 aliphatic rings. The molecule has 0 fully saturated rings. The fourth-order valence-electron chi connectivity index (χ4n) is 1.14. The van der Waals surface area contributed by atoms with Crippen molar-refractivity contribution in [3.8, 4) is 10.4 Å². The number of thiophene rings is 1. The first-order valence-corrected chi connectivity index (χ1v) is 5.50. The molecule has 0 radical (unpaired) electrons. The minimum Gasteiger partial charge on any atom is -0.143 e. The summed E-state index contributed by atoms with van der Waals surface area (Å²) in [4.78, 5) is 2.15. The third-order valence-corrected chi connectivity index (χ3v) is 3.44. The molecule has 0 saturated carbocycles. The van der Waals surface area contributed by atoms with Crippen molar-refractivity contribution in [3.63, 3.8) is 0 Å². The van der Waals surface area contributed by atoms with Gasteiger partial charge in [0.25, 0.3) is 0 Å². The Hall–Kier alpha value is -0.440. The number of rotatable bonds is 1. The van der Waals surface area contributed by atoms with Crippen LogP contribution in [0.2, 0.25) is 5.02 Å². The van der Waals surface area contributed by atoms with E-state index >= 15 is 0 Å². The Morgan fingerprint density at radius 2 is 2.00 bits per heavy atom. The zero-order chi connectivity index (χ0) is 9.26. The molecule has 0 saturated heterocycles. The fourth-order valence-corrected chi connectivity index (χ4v) is 2.61. The van der Waals surface area contributed by atoms with E-state index in [1.54, 1.807) is 11.3 Å². The van der Waals surface area contributed by atoms with E-state index in [2.05, 4.69) is 12.6 Å². The Labute approximate surface area is 91.6 Å². The molecule has 0 nitrogen and oxygen atoms in total. The van der Waals surface area contributed by atoms with Gasteiger partial charge in [-0.25, -0.2) is 0 Å². The SMILES string of the molecule is Sc1ccccc1-c1cc(Cl)cs1. The Morgan fingerprint density at radius 1 is 1.23 bits per heavy atom. The molecule has 0 aliphatic heterocycles. The molecule has 3 heteroatoms. The smallest absolute Gasteiger partial charge is 0.0519 e. The van der Waals surface area contributed by atoms with Crippen LogP contribution in [0.1, 0.15) is 0 Å². The lowest BCUT2D eigenvalue weighted by molar-refractivity contribution is 1.48. The molecule has 0 N–H and O–H groups in total. The summed E-state index contributed by atoms with van der Waals surface area (Å²) in [5.41, 5.74) is 1.14. The van der Waals surface area contributed by atoms with Crippen molar-refractivity contribution in [2.24, 2.45) is 0 Å². The van der Waals surface area contributed by atoms with Gasteiger partial charge in [0.05, 0.1) is 5.02 Å². The number of halogens is 1. The van der Waals surface area contributed by atoms with Crippen LogP contribution in [0.25, 0.3) is 10.4 Å². The number of hydrogen-bond donors (Lipinski definition) is 1. The summed E-state index contributed by atoms with van der Waals surface area (Å²) in [6, 6.07) is 9.96. The molecule has 0 amide bonds. The van der Waals surface area contributed by atoms with Crippen molar-refractivity contribution >= 4 is 35.6 Å². The van der Waals surface area contributed by atoms with Gasteiger partial charge < -0.3 is 0 Å². The van der Waals surface area contributed by atoms with E-state index in [1.807, 2.05) is 35.7 Å². The summed E-state index contributed by atoms with van der Waals surface area (Å²) in [6.45, 7) is 0. The van der Waals surface area contributed by atoms with Crippen molar-refractivity contribution < 1.29 is 0 Å². The summed E-state index contributed by atoms with van der Waals surface area (Å²) in [5.74, 6) is 0. The first-order chi connectivity index (χ1) is 6.27. The lowest BCUT2D eigenvalue weighted by atomic mass is 10.2. The highest BCUT2D eigenvalue weighted by molar-refractivity contribution is 7.80. The van der Waals surface area contributed by atoms with Gasteiger partial charge in [0.2, 0.25) is 0 Å². The maximum atomic E-state index is 5.85. The maximum Gasteiger partial charge on any atom is 0.0519 e. The van der Waals surface area contributed by atoms with E-state index in [1.165, 1.54) is 0 Å². The van der Waals surface area contributed by atoms with Crippen LogP contribution < -0.4 is 0 Å². The third kappa shape index (κ3) is 1.90. The first-order valence-electron chi connectivity index (χ1n) is 3.80. The van der Waals surface area contributed by atoms with Crippen LogP contribution in [0.15, 0.2) is 40.6 Å². The van der Waals surface area contributed by atoms with Gasteiger partial charge in [-0.15, -0.1) is 24.0 Å². The van der Waals surface area contributed by atoms with Gasteiger partial charge in [-0.05, 0) is 12.1 Å². The van der Waals surface area contributed by atoms with Gasteiger partial charge in [0.1, 0.15) is 0 Å². The Balaban J connectivity index is 2.52. The molecule has 1 aromatic carbocycles. The normalized spacial score (nSPS) is 10.3. The van der Waals surface area contributed by atoms with Crippen molar-refractivity contribution in [1.82, 2.24) is 0 Å². The van der Waals surface area contributed by atoms with E-state index in [4.69, 9.17) is 11.6 Å². The monoisotopic (exact) mass is 226 g/mol. The maximum absolute atomic E-state index is 5.85. The molecule has 2 rings (SSSR count). The van der Waals surface area contributed by atoms with Crippen molar-refractivity contribution in [1.29, 1.82) is 0 Å². The van der Waals surface area contributed by atoms with Crippen LogP contribution >= 0.6 is 35.6 Å². The van der Waals surface area contributed by atoms with Crippen molar-refractivity contribution in [2.75, 3.05) is 0 Å². The van der Waals surface area contributed by atoms with E-state index in [9.17, 15) is 0 Å². The van der Waals surface area contributed by atoms with Gasteiger partial charge in [0.15, 0.2) is 0 Å². The Bertz CT molecular complexity index is 420. The molecule has 0 unspecified atom stereocenters. The van der Waals surface area contributed by atoms with Crippen LogP contribution in [-0.2, 0) is 0 Å². The first kappa shape index (κ1) is 9.13. The number of benzene rings is 1. The van der Waals surface area contributed by atoms with E-state index < -0.39 is 0 Å². The van der Waals surface area contributed by atoms with Crippen molar-refractivity contribution in [2.45, 2.75) is 4.90 Å². The van der Waals surface area contributed by atoms with Crippen LogP contribution in [0.3, 0.4) is 0 Å². The Morgan fingerprint density at radius 3 is 2.62 bits per heavy atom. The second-order valence-corrected chi connectivity index (χ2v) is 4.48. The summed E-state index contributed by atoms with van der Waals surface area (Å²) in [6.07, 6.45) is 0. The Kier molecular flexibility index (Phi) is 2.63. The minimum absolute atomic E-state index is 0.789. The zero-order valence-electron chi connectivity index (χ0n) is 6.70. The second kappa shape index (κ2) is 3.74. The average Bonchev–Trinajstić information content (AvgIpc) is 2.53. The van der Waals surface area contributed by atoms with E-state index in [0.29, 0.717) is 0 Å². The van der Waals surface area contributed by atoms with Gasteiger partial charge >= 0.3 is 0 Å². The van der Waals surface area contributed by atoms with Crippen LogP contribution in [0, 0.1) is 0 Å². The standard InChI is InChI=1S/C10H7ClS2/c11-7-5-10(13-6-7)8-3-1-2-4-9(8)12/h1-6,12H. The predicted molar refractivity (Wildman–Crippen MR) is 62.0 cm³/mol. The highest BCUT2D eigenvalue weighted by atomic mass is 35.5. The summed E-state index contributed by atoms with van der Waals surface area (Å²) in [7, 11) is 0. The molecular weight excluding hydrogens is 220 g/mol. The molecule has 66 valence electrons. The highest BCUT2D eigenvalue weighted by Crippen LogP contribution is 2.33. The second-order valence-electron chi connectivity index (χ2n) is 2.65. The van der Waals surface area contributed by atoms with Crippen LogP contribution in [0.4, 0.5) is 0 Å². The third-order valence-electron chi connectivity index (χ3n) is 1.74. The van der Waals surface area contributed by atoms with E-state index in [-0.39, 0.29) is 0 Å². The number of hydrogen-bond acceptors (Lipinski definition) is 2. The topological polar surface area (TPSA) is 0 Å². The lowest BCUT2D eigenvalue weighted by Crippen LogP contribution is -1.73.